The number of hydrogen-bond acceptors (Lipinski definition) is 0. The summed E-state index contributed by atoms with van der Waals surface area (Å²) < 4.78 is 0. The Balaban J connectivity index is 2.31. The van der Waals surface area contributed by atoms with Gasteiger partial charge in [-0.2, -0.15) is 0 Å². The van der Waals surface area contributed by atoms with Gasteiger partial charge in [0.05, 0.1) is 0 Å². The summed E-state index contributed by atoms with van der Waals surface area (Å²) in [6.45, 7) is 9.36. The van der Waals surface area contributed by atoms with Crippen LogP contribution in [0.3, 0.4) is 0 Å². The Kier molecular flexibility index (Phi) is 7.56. The lowest BCUT2D eigenvalue weighted by Gasteiger charge is -2.29. The van der Waals surface area contributed by atoms with E-state index in [2.05, 4.69) is 88.4 Å². The van der Waals surface area contributed by atoms with Crippen LogP contribution in [0, 0.1) is 11.8 Å². The van der Waals surface area contributed by atoms with Crippen molar-refractivity contribution in [3.8, 4) is 0 Å². The van der Waals surface area contributed by atoms with E-state index in [1.165, 1.54) is 36.8 Å². The summed E-state index contributed by atoms with van der Waals surface area (Å²) in [6.07, 6.45) is 5.15. The third-order valence-corrected chi connectivity index (χ3v) is 5.05. The van der Waals surface area contributed by atoms with Crippen LogP contribution in [-0.2, 0) is 0 Å². The minimum Gasteiger partial charge on any atom is -0.0628 e. The highest BCUT2D eigenvalue weighted by Gasteiger charge is 2.24. The maximum Gasteiger partial charge on any atom is -0.00930 e. The Bertz CT molecular complexity index is 500. The van der Waals surface area contributed by atoms with Gasteiger partial charge >= 0.3 is 0 Å². The van der Waals surface area contributed by atoms with Crippen LogP contribution in [0.5, 0.6) is 0 Å². The first-order chi connectivity index (χ1) is 11.6. The van der Waals surface area contributed by atoms with Gasteiger partial charge in [-0.3, -0.25) is 0 Å². The molecule has 0 amide bonds. The molecule has 0 fully saturated rings. The molecule has 0 aliphatic rings. The summed E-state index contributed by atoms with van der Waals surface area (Å²) in [6, 6.07) is 22.4. The van der Waals surface area contributed by atoms with E-state index in [9.17, 15) is 0 Å². The molecule has 0 heteroatoms. The highest BCUT2D eigenvalue weighted by atomic mass is 14.3. The third kappa shape index (κ3) is 5.82. The summed E-state index contributed by atoms with van der Waals surface area (Å²) in [5, 5.41) is 0. The largest absolute Gasteiger partial charge is 0.0628 e. The molecular weight excluding hydrogens is 288 g/mol. The standard InChI is InChI=1S/C24H34/c1-19(2)15-17-23(21-11-7-5-8-12-21)24(18-16-20(3)4)22-13-9-6-10-14-22/h5-14,19-20,23-24H,15-18H2,1-4H3. The molecule has 24 heavy (non-hydrogen) atoms. The van der Waals surface area contributed by atoms with Crippen LogP contribution in [0.25, 0.3) is 0 Å². The van der Waals surface area contributed by atoms with Crippen molar-refractivity contribution in [3.63, 3.8) is 0 Å². The lowest BCUT2D eigenvalue weighted by molar-refractivity contribution is 0.402. The molecule has 2 atom stereocenters. The first-order valence-electron chi connectivity index (χ1n) is 9.67. The van der Waals surface area contributed by atoms with E-state index in [4.69, 9.17) is 0 Å². The highest BCUT2D eigenvalue weighted by Crippen LogP contribution is 2.40. The fourth-order valence-electron chi connectivity index (χ4n) is 3.63. The molecule has 2 aromatic carbocycles. The Morgan fingerprint density at radius 3 is 1.12 bits per heavy atom. The predicted octanol–water partition coefficient (Wildman–Crippen LogP) is 7.43. The van der Waals surface area contributed by atoms with Gasteiger partial charge in [0, 0.05) is 0 Å². The molecule has 0 saturated heterocycles. The first-order valence-corrected chi connectivity index (χ1v) is 9.67. The summed E-state index contributed by atoms with van der Waals surface area (Å²) in [7, 11) is 0. The monoisotopic (exact) mass is 322 g/mol. The van der Waals surface area contributed by atoms with Crippen molar-refractivity contribution in [2.75, 3.05) is 0 Å². The first kappa shape index (κ1) is 18.8. The van der Waals surface area contributed by atoms with Crippen LogP contribution < -0.4 is 0 Å². The molecule has 0 radical (unpaired) electrons. The van der Waals surface area contributed by atoms with E-state index in [-0.39, 0.29) is 0 Å². The quantitative estimate of drug-likeness (QED) is 0.450. The second kappa shape index (κ2) is 9.67. The number of benzene rings is 2. The smallest absolute Gasteiger partial charge is 0.00930 e. The van der Waals surface area contributed by atoms with E-state index in [0.717, 1.165) is 11.8 Å². The van der Waals surface area contributed by atoms with Crippen molar-refractivity contribution < 1.29 is 0 Å². The molecule has 0 heterocycles. The zero-order chi connectivity index (χ0) is 17.4. The normalized spacial score (nSPS) is 14.1. The molecule has 0 saturated carbocycles. The van der Waals surface area contributed by atoms with Gasteiger partial charge in [0.2, 0.25) is 0 Å². The van der Waals surface area contributed by atoms with E-state index in [1.807, 2.05) is 0 Å². The average Bonchev–Trinajstić information content (AvgIpc) is 2.59. The van der Waals surface area contributed by atoms with Gasteiger partial charge in [0.25, 0.3) is 0 Å². The maximum absolute atomic E-state index is 2.34. The molecule has 0 aromatic heterocycles. The van der Waals surface area contributed by atoms with Gasteiger partial charge in [0.1, 0.15) is 0 Å². The topological polar surface area (TPSA) is 0 Å². The van der Waals surface area contributed by atoms with Crippen molar-refractivity contribution in [1.29, 1.82) is 0 Å². The summed E-state index contributed by atoms with van der Waals surface area (Å²) in [5.41, 5.74) is 3.02. The minimum atomic E-state index is 0.620. The van der Waals surface area contributed by atoms with E-state index in [1.54, 1.807) is 0 Å². The summed E-state index contributed by atoms with van der Waals surface area (Å²) in [4.78, 5) is 0. The van der Waals surface area contributed by atoms with Gasteiger partial charge in [-0.25, -0.2) is 0 Å². The number of hydrogen-bond donors (Lipinski definition) is 0. The molecule has 0 aliphatic carbocycles. The lowest BCUT2D eigenvalue weighted by Crippen LogP contribution is -2.14. The van der Waals surface area contributed by atoms with Gasteiger partial charge < -0.3 is 0 Å². The fraction of sp³-hybridized carbons (Fsp3) is 0.500. The Morgan fingerprint density at radius 2 is 0.833 bits per heavy atom. The molecule has 2 rings (SSSR count). The van der Waals surface area contributed by atoms with Crippen LogP contribution in [-0.4, -0.2) is 0 Å². The Morgan fingerprint density at radius 1 is 0.500 bits per heavy atom. The molecule has 0 bridgehead atoms. The van der Waals surface area contributed by atoms with Crippen LogP contribution in [0.1, 0.15) is 76.3 Å². The van der Waals surface area contributed by atoms with E-state index in [0.29, 0.717) is 11.8 Å². The van der Waals surface area contributed by atoms with Crippen molar-refractivity contribution in [2.24, 2.45) is 11.8 Å². The molecule has 130 valence electrons. The summed E-state index contributed by atoms with van der Waals surface area (Å²) >= 11 is 0. The third-order valence-electron chi connectivity index (χ3n) is 5.05. The number of rotatable bonds is 9. The zero-order valence-corrected chi connectivity index (χ0v) is 15.9. The van der Waals surface area contributed by atoms with E-state index < -0.39 is 0 Å². The molecule has 0 aliphatic heterocycles. The van der Waals surface area contributed by atoms with Crippen molar-refractivity contribution in [1.82, 2.24) is 0 Å². The highest BCUT2D eigenvalue weighted by molar-refractivity contribution is 5.28. The van der Waals surface area contributed by atoms with Crippen LogP contribution in [0.15, 0.2) is 60.7 Å². The van der Waals surface area contributed by atoms with Gasteiger partial charge in [-0.1, -0.05) is 101 Å². The van der Waals surface area contributed by atoms with Crippen molar-refractivity contribution >= 4 is 0 Å². The van der Waals surface area contributed by atoms with Crippen molar-refractivity contribution in [3.05, 3.63) is 71.8 Å². The average molecular weight is 323 g/mol. The van der Waals surface area contributed by atoms with Gasteiger partial charge in [-0.05, 0) is 47.6 Å². The minimum absolute atomic E-state index is 0.620. The summed E-state index contributed by atoms with van der Waals surface area (Å²) in [5.74, 6) is 2.76. The molecule has 2 aromatic rings. The van der Waals surface area contributed by atoms with Crippen LogP contribution in [0.2, 0.25) is 0 Å². The predicted molar refractivity (Wildman–Crippen MR) is 107 cm³/mol. The second-order valence-electron chi connectivity index (χ2n) is 7.98. The molecular formula is C24H34. The molecule has 0 N–H and O–H groups in total. The SMILES string of the molecule is CC(C)CCC(c1ccccc1)C(CCC(C)C)c1ccccc1. The Hall–Kier alpha value is -1.56. The molecule has 0 nitrogen and oxygen atoms in total. The zero-order valence-electron chi connectivity index (χ0n) is 15.9. The fourth-order valence-corrected chi connectivity index (χ4v) is 3.63. The second-order valence-corrected chi connectivity index (χ2v) is 7.98. The van der Waals surface area contributed by atoms with Crippen LogP contribution in [0.4, 0.5) is 0 Å². The molecule has 2 unspecified atom stereocenters. The maximum atomic E-state index is 2.34. The van der Waals surface area contributed by atoms with Crippen molar-refractivity contribution in [2.45, 2.75) is 65.2 Å². The van der Waals surface area contributed by atoms with E-state index >= 15 is 0 Å². The van der Waals surface area contributed by atoms with Crippen LogP contribution >= 0.6 is 0 Å². The lowest BCUT2D eigenvalue weighted by atomic mass is 9.75. The van der Waals surface area contributed by atoms with Gasteiger partial charge in [0.15, 0.2) is 0 Å². The van der Waals surface area contributed by atoms with Gasteiger partial charge in [-0.15, -0.1) is 0 Å². The Labute approximate surface area is 149 Å². The molecule has 0 spiro atoms.